The summed E-state index contributed by atoms with van der Waals surface area (Å²) in [5, 5.41) is 5.81. The Bertz CT molecular complexity index is 800. The van der Waals surface area contributed by atoms with Crippen LogP contribution in [-0.4, -0.2) is 37.4 Å². The average Bonchev–Trinajstić information content (AvgIpc) is 2.73. The van der Waals surface area contributed by atoms with Crippen molar-refractivity contribution < 1.29 is 9.47 Å². The van der Waals surface area contributed by atoms with E-state index in [0.29, 0.717) is 5.41 Å². The van der Waals surface area contributed by atoms with E-state index in [4.69, 9.17) is 19.6 Å². The molecule has 0 unspecified atom stereocenters. The molecule has 1 N–H and O–H groups in total. The van der Waals surface area contributed by atoms with Crippen molar-refractivity contribution in [2.75, 3.05) is 26.5 Å². The van der Waals surface area contributed by atoms with Crippen LogP contribution in [0.3, 0.4) is 0 Å². The lowest BCUT2D eigenvalue weighted by atomic mass is 9.48. The number of nitrogens with zero attached hydrogens (tertiary/aromatic N) is 2. The molecule has 5 aliphatic rings. The molecule has 1 aromatic carbocycles. The number of ether oxygens (including phenoxy) is 2. The standard InChI is InChI=1S/C23H31N3O2S/c1-27-19-4-3-15(10-20(19)28-2)5-6-24-22-26-25-21(14-29-22)23-11-16-7-17(12-23)9-18(8-16)13-23/h3-4,10,16-18H,5-9,11-14H2,1-2H3,(H,24,26). The number of methoxy groups -OCH3 is 2. The molecule has 0 saturated heterocycles. The fourth-order valence-electron chi connectivity index (χ4n) is 6.46. The number of hydrogen-bond donors (Lipinski definition) is 1. The van der Waals surface area contributed by atoms with Crippen LogP contribution < -0.4 is 14.9 Å². The Morgan fingerprint density at radius 3 is 2.34 bits per heavy atom. The molecular formula is C23H31N3O2S. The van der Waals surface area contributed by atoms with Crippen LogP contribution >= 0.6 is 11.8 Å². The van der Waals surface area contributed by atoms with Crippen molar-refractivity contribution in [1.82, 2.24) is 5.43 Å². The summed E-state index contributed by atoms with van der Waals surface area (Å²) in [6, 6.07) is 6.06. The second kappa shape index (κ2) is 7.86. The molecule has 0 aromatic heterocycles. The number of amidine groups is 1. The zero-order chi connectivity index (χ0) is 19.8. The van der Waals surface area contributed by atoms with Gasteiger partial charge >= 0.3 is 0 Å². The number of hydrazone groups is 1. The molecule has 0 spiro atoms. The van der Waals surface area contributed by atoms with Crippen LogP contribution in [0.5, 0.6) is 11.5 Å². The zero-order valence-electron chi connectivity index (χ0n) is 17.4. The van der Waals surface area contributed by atoms with Crippen LogP contribution in [0.2, 0.25) is 0 Å². The molecule has 1 heterocycles. The van der Waals surface area contributed by atoms with Gasteiger partial charge in [0.1, 0.15) is 0 Å². The van der Waals surface area contributed by atoms with E-state index in [2.05, 4.69) is 11.5 Å². The first-order chi connectivity index (χ1) is 14.2. The molecule has 4 saturated carbocycles. The molecule has 6 rings (SSSR count). The van der Waals surface area contributed by atoms with Gasteiger partial charge in [-0.15, -0.1) is 0 Å². The Hall–Kier alpha value is -1.69. The molecule has 5 nitrogen and oxygen atoms in total. The molecule has 156 valence electrons. The second-order valence-corrected chi connectivity index (χ2v) is 10.2. The summed E-state index contributed by atoms with van der Waals surface area (Å²) >= 11 is 1.83. The summed E-state index contributed by atoms with van der Waals surface area (Å²) in [5.41, 5.74) is 6.30. The van der Waals surface area contributed by atoms with E-state index in [9.17, 15) is 0 Å². The highest BCUT2D eigenvalue weighted by Gasteiger charge is 2.53. The Morgan fingerprint density at radius 1 is 1.07 bits per heavy atom. The van der Waals surface area contributed by atoms with Crippen LogP contribution in [0.15, 0.2) is 28.3 Å². The van der Waals surface area contributed by atoms with Crippen molar-refractivity contribution in [2.45, 2.75) is 44.9 Å². The summed E-state index contributed by atoms with van der Waals surface area (Å²) in [6.45, 7) is 0.743. The van der Waals surface area contributed by atoms with Gasteiger partial charge in [-0.25, -0.2) is 0 Å². The van der Waals surface area contributed by atoms with Gasteiger partial charge < -0.3 is 9.47 Å². The SMILES string of the molecule is COc1ccc(CCN=C2NN=C(C34CC5CC(CC(C5)C3)C4)CS2)cc1OC. The van der Waals surface area contributed by atoms with Gasteiger partial charge in [-0.2, -0.15) is 5.10 Å². The van der Waals surface area contributed by atoms with E-state index in [1.807, 2.05) is 23.9 Å². The number of benzene rings is 1. The maximum Gasteiger partial charge on any atom is 0.177 e. The number of thioether (sulfide) groups is 1. The smallest absolute Gasteiger partial charge is 0.177 e. The minimum atomic E-state index is 0.403. The summed E-state index contributed by atoms with van der Waals surface area (Å²) in [7, 11) is 3.33. The molecule has 4 bridgehead atoms. The van der Waals surface area contributed by atoms with Crippen molar-refractivity contribution in [3.05, 3.63) is 23.8 Å². The third-order valence-corrected chi connectivity index (χ3v) is 8.30. The van der Waals surface area contributed by atoms with E-state index < -0.39 is 0 Å². The van der Waals surface area contributed by atoms with E-state index in [1.165, 1.54) is 49.8 Å². The zero-order valence-corrected chi connectivity index (χ0v) is 18.3. The molecule has 1 aromatic rings. The van der Waals surface area contributed by atoms with Gasteiger partial charge in [-0.3, -0.25) is 10.4 Å². The second-order valence-electron chi connectivity index (χ2n) is 9.28. The van der Waals surface area contributed by atoms with Crippen molar-refractivity contribution in [1.29, 1.82) is 0 Å². The third-order valence-electron chi connectivity index (χ3n) is 7.39. The van der Waals surface area contributed by atoms with Gasteiger partial charge in [-0.05, 0) is 80.4 Å². The molecule has 0 radical (unpaired) electrons. The highest BCUT2D eigenvalue weighted by molar-refractivity contribution is 8.14. The van der Waals surface area contributed by atoms with Crippen LogP contribution in [0.1, 0.15) is 44.1 Å². The predicted octanol–water partition coefficient (Wildman–Crippen LogP) is 4.51. The number of aliphatic imine (C=N–C) groups is 1. The quantitative estimate of drug-likeness (QED) is 0.745. The Morgan fingerprint density at radius 2 is 1.76 bits per heavy atom. The summed E-state index contributed by atoms with van der Waals surface area (Å²) in [5.74, 6) is 5.43. The third kappa shape index (κ3) is 3.76. The van der Waals surface area contributed by atoms with Crippen LogP contribution in [0.4, 0.5) is 0 Å². The van der Waals surface area contributed by atoms with Gasteiger partial charge in [0.15, 0.2) is 16.7 Å². The highest BCUT2D eigenvalue weighted by atomic mass is 32.2. The lowest BCUT2D eigenvalue weighted by Gasteiger charge is -2.57. The Balaban J connectivity index is 1.20. The number of hydrogen-bond acceptors (Lipinski definition) is 5. The monoisotopic (exact) mass is 413 g/mol. The average molecular weight is 414 g/mol. The molecule has 4 fully saturated rings. The Kier molecular flexibility index (Phi) is 5.23. The largest absolute Gasteiger partial charge is 0.493 e. The van der Waals surface area contributed by atoms with E-state index in [1.54, 1.807) is 14.2 Å². The topological polar surface area (TPSA) is 55.2 Å². The van der Waals surface area contributed by atoms with Crippen LogP contribution in [-0.2, 0) is 6.42 Å². The minimum Gasteiger partial charge on any atom is -0.493 e. The summed E-state index contributed by atoms with van der Waals surface area (Å²) < 4.78 is 10.7. The van der Waals surface area contributed by atoms with E-state index in [-0.39, 0.29) is 0 Å². The molecule has 0 atom stereocenters. The normalized spacial score (nSPS) is 34.1. The lowest BCUT2D eigenvalue weighted by molar-refractivity contribution is -0.0126. The lowest BCUT2D eigenvalue weighted by Crippen LogP contribution is -2.51. The van der Waals surface area contributed by atoms with Crippen molar-refractivity contribution >= 4 is 22.6 Å². The molecule has 0 amide bonds. The summed E-state index contributed by atoms with van der Waals surface area (Å²) in [4.78, 5) is 4.75. The van der Waals surface area contributed by atoms with E-state index >= 15 is 0 Å². The highest BCUT2D eigenvalue weighted by Crippen LogP contribution is 2.60. The maximum atomic E-state index is 5.39. The first-order valence-corrected chi connectivity index (χ1v) is 11.9. The van der Waals surface area contributed by atoms with Crippen molar-refractivity contribution in [2.24, 2.45) is 33.3 Å². The van der Waals surface area contributed by atoms with Gasteiger partial charge in [0.2, 0.25) is 0 Å². The first-order valence-electron chi connectivity index (χ1n) is 10.9. The van der Waals surface area contributed by atoms with Crippen molar-refractivity contribution in [3.63, 3.8) is 0 Å². The molecule has 1 aliphatic heterocycles. The van der Waals surface area contributed by atoms with E-state index in [0.717, 1.165) is 53.1 Å². The molecule has 4 aliphatic carbocycles. The molecular weight excluding hydrogens is 382 g/mol. The fraction of sp³-hybridized carbons (Fsp3) is 0.652. The molecule has 29 heavy (non-hydrogen) atoms. The molecule has 6 heteroatoms. The summed E-state index contributed by atoms with van der Waals surface area (Å²) in [6.07, 6.45) is 9.46. The van der Waals surface area contributed by atoms with Gasteiger partial charge in [0.25, 0.3) is 0 Å². The van der Waals surface area contributed by atoms with Crippen LogP contribution in [0, 0.1) is 23.2 Å². The number of nitrogens with one attached hydrogen (secondary N) is 1. The van der Waals surface area contributed by atoms with Crippen LogP contribution in [0.25, 0.3) is 0 Å². The van der Waals surface area contributed by atoms with Crippen molar-refractivity contribution in [3.8, 4) is 11.5 Å². The number of rotatable bonds is 6. The van der Waals surface area contributed by atoms with Gasteiger partial charge in [0, 0.05) is 17.7 Å². The maximum absolute atomic E-state index is 5.39. The van der Waals surface area contributed by atoms with Gasteiger partial charge in [0.05, 0.1) is 19.9 Å². The fourth-order valence-corrected chi connectivity index (χ4v) is 7.39. The predicted molar refractivity (Wildman–Crippen MR) is 119 cm³/mol. The van der Waals surface area contributed by atoms with Gasteiger partial charge in [-0.1, -0.05) is 17.8 Å². The Labute approximate surface area is 177 Å². The minimum absolute atomic E-state index is 0.403. The first kappa shape index (κ1) is 19.3.